The van der Waals surface area contributed by atoms with Gasteiger partial charge in [-0.25, -0.2) is 23.1 Å². The van der Waals surface area contributed by atoms with Crippen LogP contribution in [0.4, 0.5) is 24.8 Å². The van der Waals surface area contributed by atoms with Gasteiger partial charge in [-0.2, -0.15) is 0 Å². The van der Waals surface area contributed by atoms with Gasteiger partial charge in [-0.1, -0.05) is 18.2 Å². The number of nitrogens with zero attached hydrogens (tertiary/aromatic N) is 2. The first-order chi connectivity index (χ1) is 12.9. The fraction of sp³-hybridized carbons (Fsp3) is 0.105. The first-order valence-corrected chi connectivity index (χ1v) is 8.02. The standard InChI is InChI=1S/C19H15F3N4O/c1-11-8-17(18(27)25-16-7-6-13(20)9-15(16)22)26-19(24-11)23-10-12-4-2-3-5-14(12)21/h2-9H,10H2,1H3,(H,25,27)(H,23,24,26). The van der Waals surface area contributed by atoms with Gasteiger partial charge < -0.3 is 10.6 Å². The molecular formula is C19H15F3N4O. The maximum absolute atomic E-state index is 13.7. The largest absolute Gasteiger partial charge is 0.350 e. The van der Waals surface area contributed by atoms with Gasteiger partial charge >= 0.3 is 0 Å². The summed E-state index contributed by atoms with van der Waals surface area (Å²) in [6.45, 7) is 1.79. The highest BCUT2D eigenvalue weighted by Gasteiger charge is 2.14. The van der Waals surface area contributed by atoms with E-state index in [2.05, 4.69) is 20.6 Å². The number of amides is 1. The van der Waals surface area contributed by atoms with E-state index in [9.17, 15) is 18.0 Å². The van der Waals surface area contributed by atoms with E-state index in [1.807, 2.05) is 0 Å². The predicted molar refractivity (Wildman–Crippen MR) is 94.8 cm³/mol. The van der Waals surface area contributed by atoms with Gasteiger partial charge in [0, 0.05) is 23.9 Å². The number of nitrogens with one attached hydrogen (secondary N) is 2. The number of halogens is 3. The second kappa shape index (κ2) is 7.86. The Morgan fingerprint density at radius 3 is 2.52 bits per heavy atom. The maximum atomic E-state index is 13.7. The number of carbonyl (C=O) groups excluding carboxylic acids is 1. The van der Waals surface area contributed by atoms with Gasteiger partial charge in [0.15, 0.2) is 0 Å². The van der Waals surface area contributed by atoms with Crippen molar-refractivity contribution >= 4 is 17.5 Å². The molecule has 0 aliphatic heterocycles. The lowest BCUT2D eigenvalue weighted by molar-refractivity contribution is 0.102. The minimum absolute atomic E-state index is 0.0118. The van der Waals surface area contributed by atoms with Gasteiger partial charge in [0.05, 0.1) is 5.69 Å². The minimum Gasteiger partial charge on any atom is -0.350 e. The van der Waals surface area contributed by atoms with Crippen LogP contribution in [0.15, 0.2) is 48.5 Å². The normalized spacial score (nSPS) is 10.5. The van der Waals surface area contributed by atoms with Gasteiger partial charge in [0.1, 0.15) is 23.1 Å². The number of hydrogen-bond acceptors (Lipinski definition) is 4. The van der Waals surface area contributed by atoms with Crippen molar-refractivity contribution in [3.8, 4) is 0 Å². The van der Waals surface area contributed by atoms with E-state index < -0.39 is 17.5 Å². The molecule has 0 aliphatic carbocycles. The highest BCUT2D eigenvalue weighted by molar-refractivity contribution is 6.03. The topological polar surface area (TPSA) is 66.9 Å². The molecule has 0 bridgehead atoms. The van der Waals surface area contributed by atoms with Crippen LogP contribution in [0.5, 0.6) is 0 Å². The van der Waals surface area contributed by atoms with E-state index in [0.29, 0.717) is 17.3 Å². The third-order valence-electron chi connectivity index (χ3n) is 3.66. The van der Waals surface area contributed by atoms with E-state index in [1.54, 1.807) is 25.1 Å². The molecule has 1 amide bonds. The lowest BCUT2D eigenvalue weighted by atomic mass is 10.2. The fourth-order valence-electron chi connectivity index (χ4n) is 2.36. The Balaban J connectivity index is 1.76. The molecule has 1 aromatic heterocycles. The summed E-state index contributed by atoms with van der Waals surface area (Å²) >= 11 is 0. The molecule has 5 nitrogen and oxygen atoms in total. The summed E-state index contributed by atoms with van der Waals surface area (Å²) in [7, 11) is 0. The summed E-state index contributed by atoms with van der Waals surface area (Å²) in [5.41, 5.74) is 0.730. The Labute approximate surface area is 153 Å². The van der Waals surface area contributed by atoms with Crippen molar-refractivity contribution in [3.05, 3.63) is 82.9 Å². The van der Waals surface area contributed by atoms with Crippen molar-refractivity contribution in [2.75, 3.05) is 10.6 Å². The van der Waals surface area contributed by atoms with Crippen LogP contribution in [-0.4, -0.2) is 15.9 Å². The fourth-order valence-corrected chi connectivity index (χ4v) is 2.36. The molecule has 0 unspecified atom stereocenters. The minimum atomic E-state index is -0.896. The molecule has 0 atom stereocenters. The number of hydrogen-bond donors (Lipinski definition) is 2. The Morgan fingerprint density at radius 1 is 1.00 bits per heavy atom. The third kappa shape index (κ3) is 4.60. The van der Waals surface area contributed by atoms with Crippen LogP contribution in [0.25, 0.3) is 0 Å². The van der Waals surface area contributed by atoms with Crippen LogP contribution in [0.2, 0.25) is 0 Å². The summed E-state index contributed by atoms with van der Waals surface area (Å²) in [6, 6.07) is 10.5. The summed E-state index contributed by atoms with van der Waals surface area (Å²) in [6.07, 6.45) is 0. The number of aromatic nitrogens is 2. The first-order valence-electron chi connectivity index (χ1n) is 8.02. The van der Waals surface area contributed by atoms with Crippen molar-refractivity contribution in [2.24, 2.45) is 0 Å². The van der Waals surface area contributed by atoms with Crippen LogP contribution in [-0.2, 0) is 6.54 Å². The van der Waals surface area contributed by atoms with Crippen LogP contribution >= 0.6 is 0 Å². The average Bonchev–Trinajstić information content (AvgIpc) is 2.63. The van der Waals surface area contributed by atoms with E-state index in [0.717, 1.165) is 12.1 Å². The summed E-state index contributed by atoms with van der Waals surface area (Å²) in [5, 5.41) is 5.19. The number of rotatable bonds is 5. The second-order valence-corrected chi connectivity index (χ2v) is 5.74. The lowest BCUT2D eigenvalue weighted by Gasteiger charge is -2.10. The Bertz CT molecular complexity index is 994. The van der Waals surface area contributed by atoms with Crippen molar-refractivity contribution in [1.82, 2.24) is 9.97 Å². The molecule has 2 N–H and O–H groups in total. The summed E-state index contributed by atoms with van der Waals surface area (Å²) in [5.74, 6) is -2.57. The molecule has 2 aromatic carbocycles. The number of benzene rings is 2. The molecule has 0 radical (unpaired) electrons. The molecule has 3 rings (SSSR count). The quantitative estimate of drug-likeness (QED) is 0.709. The summed E-state index contributed by atoms with van der Waals surface area (Å²) < 4.78 is 40.3. The van der Waals surface area contributed by atoms with Crippen LogP contribution in [0, 0.1) is 24.4 Å². The maximum Gasteiger partial charge on any atom is 0.274 e. The average molecular weight is 372 g/mol. The molecule has 1 heterocycles. The highest BCUT2D eigenvalue weighted by Crippen LogP contribution is 2.16. The molecule has 0 saturated heterocycles. The number of aryl methyl sites for hydroxylation is 1. The monoisotopic (exact) mass is 372 g/mol. The van der Waals surface area contributed by atoms with Gasteiger partial charge in [-0.15, -0.1) is 0 Å². The smallest absolute Gasteiger partial charge is 0.274 e. The second-order valence-electron chi connectivity index (χ2n) is 5.74. The molecule has 8 heteroatoms. The molecule has 0 spiro atoms. The van der Waals surface area contributed by atoms with Crippen molar-refractivity contribution in [3.63, 3.8) is 0 Å². The van der Waals surface area contributed by atoms with Gasteiger partial charge in [-0.3, -0.25) is 4.79 Å². The first kappa shape index (κ1) is 18.4. The summed E-state index contributed by atoms with van der Waals surface area (Å²) in [4.78, 5) is 20.6. The molecule has 0 aliphatic rings. The Kier molecular flexibility index (Phi) is 5.35. The van der Waals surface area contributed by atoms with Crippen LogP contribution < -0.4 is 10.6 Å². The van der Waals surface area contributed by atoms with Crippen LogP contribution in [0.3, 0.4) is 0 Å². The van der Waals surface area contributed by atoms with Crippen molar-refractivity contribution < 1.29 is 18.0 Å². The number of anilines is 2. The molecule has 0 saturated carbocycles. The predicted octanol–water partition coefficient (Wildman–Crippen LogP) is 4.07. The van der Waals surface area contributed by atoms with E-state index in [4.69, 9.17) is 0 Å². The molecule has 0 fully saturated rings. The zero-order chi connectivity index (χ0) is 19.4. The molecular weight excluding hydrogens is 357 g/mol. The number of carbonyl (C=O) groups is 1. The van der Waals surface area contributed by atoms with Gasteiger partial charge in [0.2, 0.25) is 5.95 Å². The highest BCUT2D eigenvalue weighted by atomic mass is 19.1. The molecule has 138 valence electrons. The molecule has 27 heavy (non-hydrogen) atoms. The zero-order valence-electron chi connectivity index (χ0n) is 14.3. The SMILES string of the molecule is Cc1cc(C(=O)Nc2ccc(F)cc2F)nc(NCc2ccccc2F)n1. The van der Waals surface area contributed by atoms with Gasteiger partial charge in [0.25, 0.3) is 5.91 Å². The van der Waals surface area contributed by atoms with Crippen LogP contribution in [0.1, 0.15) is 21.7 Å². The van der Waals surface area contributed by atoms with Crippen molar-refractivity contribution in [2.45, 2.75) is 13.5 Å². The van der Waals surface area contributed by atoms with E-state index in [-0.39, 0.29) is 29.7 Å². The Hall–Kier alpha value is -3.42. The lowest BCUT2D eigenvalue weighted by Crippen LogP contribution is -2.17. The third-order valence-corrected chi connectivity index (χ3v) is 3.66. The van der Waals surface area contributed by atoms with Gasteiger partial charge in [-0.05, 0) is 31.2 Å². The van der Waals surface area contributed by atoms with E-state index >= 15 is 0 Å². The molecule has 3 aromatic rings. The van der Waals surface area contributed by atoms with E-state index in [1.165, 1.54) is 12.1 Å². The Morgan fingerprint density at radius 2 is 1.78 bits per heavy atom. The zero-order valence-corrected chi connectivity index (χ0v) is 14.3. The van der Waals surface area contributed by atoms with Crippen molar-refractivity contribution in [1.29, 1.82) is 0 Å².